The van der Waals surface area contributed by atoms with E-state index in [1.54, 1.807) is 6.07 Å². The van der Waals surface area contributed by atoms with Crippen LogP contribution in [0.4, 0.5) is 29.1 Å². The molecule has 3 aromatic rings. The Labute approximate surface area is 199 Å². The molecule has 0 bridgehead atoms. The lowest BCUT2D eigenvalue weighted by molar-refractivity contribution is -0.274. The third kappa shape index (κ3) is 6.27. The van der Waals surface area contributed by atoms with Gasteiger partial charge < -0.3 is 19.9 Å². The van der Waals surface area contributed by atoms with Gasteiger partial charge in [-0.3, -0.25) is 4.79 Å². The number of nitrogens with one attached hydrogen (secondary N) is 1. The molecule has 0 spiro atoms. The van der Waals surface area contributed by atoms with Crippen LogP contribution in [0.3, 0.4) is 0 Å². The van der Waals surface area contributed by atoms with E-state index in [1.807, 2.05) is 25.1 Å². The summed E-state index contributed by atoms with van der Waals surface area (Å²) in [6.07, 6.45) is -2.63. The first-order valence-corrected chi connectivity index (χ1v) is 11.0. The van der Waals surface area contributed by atoms with Crippen molar-refractivity contribution >= 4 is 34.4 Å². The SMILES string of the molecule is Cc1cc(N2CCN(C)CC2)nc2ccc(NC(=O)C=Cc3ccc(OC(F)(F)F)cc3F)cc12. The number of aryl methyl sites for hydroxylation is 1. The summed E-state index contributed by atoms with van der Waals surface area (Å²) in [5.74, 6) is -1.21. The Hall–Kier alpha value is -3.66. The molecule has 0 saturated carbocycles. The molecule has 0 atom stereocenters. The number of hydrogen-bond donors (Lipinski definition) is 1. The number of rotatable bonds is 5. The third-order valence-corrected chi connectivity index (χ3v) is 5.72. The summed E-state index contributed by atoms with van der Waals surface area (Å²) in [7, 11) is 2.10. The molecule has 1 aliphatic rings. The minimum atomic E-state index is -4.91. The normalized spacial score (nSPS) is 15.1. The number of piperazine rings is 1. The molecule has 1 aromatic heterocycles. The Balaban J connectivity index is 1.44. The zero-order chi connectivity index (χ0) is 25.2. The summed E-state index contributed by atoms with van der Waals surface area (Å²) in [5.41, 5.74) is 2.33. The number of nitrogens with zero attached hydrogens (tertiary/aromatic N) is 3. The molecule has 184 valence electrons. The van der Waals surface area contributed by atoms with E-state index in [-0.39, 0.29) is 5.56 Å². The second-order valence-corrected chi connectivity index (χ2v) is 8.37. The Morgan fingerprint density at radius 2 is 1.83 bits per heavy atom. The number of hydrogen-bond acceptors (Lipinski definition) is 5. The molecule has 1 aliphatic heterocycles. The molecule has 10 heteroatoms. The maximum atomic E-state index is 14.1. The van der Waals surface area contributed by atoms with Crippen molar-refractivity contribution in [1.29, 1.82) is 0 Å². The van der Waals surface area contributed by atoms with Gasteiger partial charge in [-0.25, -0.2) is 9.37 Å². The van der Waals surface area contributed by atoms with Crippen molar-refractivity contribution in [2.75, 3.05) is 43.4 Å². The van der Waals surface area contributed by atoms with Crippen molar-refractivity contribution < 1.29 is 27.1 Å². The second kappa shape index (κ2) is 9.91. The molecule has 1 fully saturated rings. The Kier molecular flexibility index (Phi) is 6.93. The van der Waals surface area contributed by atoms with E-state index in [4.69, 9.17) is 4.98 Å². The number of benzene rings is 2. The molecule has 1 saturated heterocycles. The van der Waals surface area contributed by atoms with Crippen LogP contribution in [0.5, 0.6) is 5.75 Å². The van der Waals surface area contributed by atoms with Crippen LogP contribution in [-0.4, -0.2) is 55.4 Å². The number of halogens is 4. The van der Waals surface area contributed by atoms with E-state index in [1.165, 1.54) is 6.08 Å². The van der Waals surface area contributed by atoms with Crippen molar-refractivity contribution in [3.63, 3.8) is 0 Å². The highest BCUT2D eigenvalue weighted by Gasteiger charge is 2.31. The first-order valence-electron chi connectivity index (χ1n) is 11.0. The lowest BCUT2D eigenvalue weighted by Gasteiger charge is -2.33. The van der Waals surface area contributed by atoms with Gasteiger partial charge in [0.15, 0.2) is 0 Å². The minimum absolute atomic E-state index is 0.0512. The van der Waals surface area contributed by atoms with Gasteiger partial charge in [0.2, 0.25) is 5.91 Å². The largest absolute Gasteiger partial charge is 0.573 e. The van der Waals surface area contributed by atoms with Crippen LogP contribution in [0.2, 0.25) is 0 Å². The molecule has 2 heterocycles. The van der Waals surface area contributed by atoms with E-state index in [0.717, 1.165) is 66.7 Å². The molecule has 1 amide bonds. The molecule has 2 aromatic carbocycles. The van der Waals surface area contributed by atoms with Crippen LogP contribution in [0.25, 0.3) is 17.0 Å². The Morgan fingerprint density at radius 1 is 1.09 bits per heavy atom. The van der Waals surface area contributed by atoms with E-state index < -0.39 is 23.8 Å². The van der Waals surface area contributed by atoms with E-state index >= 15 is 0 Å². The average Bonchev–Trinajstić information content (AvgIpc) is 2.78. The maximum Gasteiger partial charge on any atom is 0.573 e. The molecule has 0 radical (unpaired) electrons. The molecule has 35 heavy (non-hydrogen) atoms. The number of pyridine rings is 1. The Morgan fingerprint density at radius 3 is 2.51 bits per heavy atom. The predicted octanol–water partition coefficient (Wildman–Crippen LogP) is 4.98. The van der Waals surface area contributed by atoms with Gasteiger partial charge in [0, 0.05) is 55.0 Å². The first-order chi connectivity index (χ1) is 16.6. The van der Waals surface area contributed by atoms with Gasteiger partial charge in [-0.1, -0.05) is 0 Å². The van der Waals surface area contributed by atoms with Crippen LogP contribution in [0.1, 0.15) is 11.1 Å². The molecule has 0 unspecified atom stereocenters. The molecular formula is C25H24F4N4O2. The summed E-state index contributed by atoms with van der Waals surface area (Å²) in [6.45, 7) is 5.77. The molecule has 0 aliphatic carbocycles. The number of aromatic nitrogens is 1. The van der Waals surface area contributed by atoms with E-state index in [2.05, 4.69) is 26.9 Å². The van der Waals surface area contributed by atoms with Crippen LogP contribution in [-0.2, 0) is 4.79 Å². The smallest absolute Gasteiger partial charge is 0.406 e. The highest BCUT2D eigenvalue weighted by molar-refractivity contribution is 6.03. The molecule has 4 rings (SSSR count). The minimum Gasteiger partial charge on any atom is -0.406 e. The number of fused-ring (bicyclic) bond motifs is 1. The lowest BCUT2D eigenvalue weighted by Crippen LogP contribution is -2.44. The quantitative estimate of drug-likeness (QED) is 0.405. The van der Waals surface area contributed by atoms with Crippen LogP contribution >= 0.6 is 0 Å². The summed E-state index contributed by atoms with van der Waals surface area (Å²) < 4.78 is 54.5. The van der Waals surface area contributed by atoms with Crippen LogP contribution in [0, 0.1) is 12.7 Å². The summed E-state index contributed by atoms with van der Waals surface area (Å²) in [4.78, 5) is 21.7. The van der Waals surface area contributed by atoms with Gasteiger partial charge in [-0.05, 0) is 62.0 Å². The number of ether oxygens (including phenoxy) is 1. The topological polar surface area (TPSA) is 57.7 Å². The predicted molar refractivity (Wildman–Crippen MR) is 127 cm³/mol. The monoisotopic (exact) mass is 488 g/mol. The summed E-state index contributed by atoms with van der Waals surface area (Å²) in [6, 6.07) is 10.1. The number of anilines is 2. The number of carbonyl (C=O) groups is 1. The third-order valence-electron chi connectivity index (χ3n) is 5.72. The van der Waals surface area contributed by atoms with Crippen molar-refractivity contribution in [2.45, 2.75) is 13.3 Å². The fourth-order valence-electron chi connectivity index (χ4n) is 3.84. The number of amides is 1. The number of carbonyl (C=O) groups excluding carboxylic acids is 1. The first kappa shape index (κ1) is 24.5. The lowest BCUT2D eigenvalue weighted by atomic mass is 10.1. The molecule has 6 nitrogen and oxygen atoms in total. The number of likely N-dealkylation sites (N-methyl/N-ethyl adjacent to an activating group) is 1. The van der Waals surface area contributed by atoms with Crippen molar-refractivity contribution in [2.24, 2.45) is 0 Å². The van der Waals surface area contributed by atoms with E-state index in [0.29, 0.717) is 11.8 Å². The van der Waals surface area contributed by atoms with Gasteiger partial charge in [-0.15, -0.1) is 13.2 Å². The Bertz CT molecular complexity index is 1270. The van der Waals surface area contributed by atoms with Crippen LogP contribution < -0.4 is 15.0 Å². The van der Waals surface area contributed by atoms with Crippen LogP contribution in [0.15, 0.2) is 48.5 Å². The zero-order valence-electron chi connectivity index (χ0n) is 19.2. The molecule has 1 N–H and O–H groups in total. The fourth-order valence-corrected chi connectivity index (χ4v) is 3.84. The molecular weight excluding hydrogens is 464 g/mol. The van der Waals surface area contributed by atoms with Gasteiger partial charge in [0.1, 0.15) is 17.4 Å². The van der Waals surface area contributed by atoms with Gasteiger partial charge in [0.05, 0.1) is 5.52 Å². The zero-order valence-corrected chi connectivity index (χ0v) is 19.2. The average molecular weight is 488 g/mol. The van der Waals surface area contributed by atoms with Gasteiger partial charge in [-0.2, -0.15) is 0 Å². The van der Waals surface area contributed by atoms with E-state index in [9.17, 15) is 22.4 Å². The number of alkyl halides is 3. The highest BCUT2D eigenvalue weighted by Crippen LogP contribution is 2.27. The standard InChI is InChI=1S/C25H24F4N4O2/c1-16-13-23(33-11-9-32(2)10-12-33)31-22-7-5-18(14-20(16)22)30-24(34)8-4-17-3-6-19(15-21(17)26)35-25(27,28)29/h3-8,13-15H,9-12H2,1-2H3,(H,30,34). The fraction of sp³-hybridized carbons (Fsp3) is 0.280. The highest BCUT2D eigenvalue weighted by atomic mass is 19.4. The summed E-state index contributed by atoms with van der Waals surface area (Å²) >= 11 is 0. The van der Waals surface area contributed by atoms with Gasteiger partial charge in [0.25, 0.3) is 0 Å². The van der Waals surface area contributed by atoms with Crippen molar-refractivity contribution in [3.05, 3.63) is 65.5 Å². The van der Waals surface area contributed by atoms with Gasteiger partial charge >= 0.3 is 6.36 Å². The second-order valence-electron chi connectivity index (χ2n) is 8.37. The van der Waals surface area contributed by atoms with Crippen molar-refractivity contribution in [3.8, 4) is 5.75 Å². The summed E-state index contributed by atoms with van der Waals surface area (Å²) in [5, 5.41) is 3.61. The maximum absolute atomic E-state index is 14.1. The van der Waals surface area contributed by atoms with Crippen molar-refractivity contribution in [1.82, 2.24) is 9.88 Å².